The molecule has 0 aliphatic rings. The molecule has 5 nitrogen and oxygen atoms in total. The second kappa shape index (κ2) is 7.45. The number of Topliss-reactive ketones (excluding diaryl/α,β-unsaturated/α-hetero) is 1. The van der Waals surface area contributed by atoms with E-state index < -0.39 is 0 Å². The molecule has 3 rings (SSSR count). The molecule has 0 radical (unpaired) electrons. The maximum absolute atomic E-state index is 12.8. The van der Waals surface area contributed by atoms with Gasteiger partial charge in [0, 0.05) is 17.8 Å². The molecule has 0 aliphatic heterocycles. The summed E-state index contributed by atoms with van der Waals surface area (Å²) in [5.74, 6) is 0.450. The van der Waals surface area contributed by atoms with Gasteiger partial charge in [-0.25, -0.2) is 4.98 Å². The Kier molecular flexibility index (Phi) is 5.30. The van der Waals surface area contributed by atoms with E-state index in [4.69, 9.17) is 11.6 Å². The van der Waals surface area contributed by atoms with Gasteiger partial charge in [0.05, 0.1) is 22.3 Å². The van der Waals surface area contributed by atoms with Gasteiger partial charge in [0.25, 0.3) is 5.56 Å². The first kappa shape index (κ1) is 17.8. The first-order valence-electron chi connectivity index (χ1n) is 7.95. The molecule has 0 atom stereocenters. The first-order chi connectivity index (χ1) is 12.0. The van der Waals surface area contributed by atoms with Crippen LogP contribution in [0.25, 0.3) is 10.9 Å². The molecule has 0 amide bonds. The van der Waals surface area contributed by atoms with Crippen LogP contribution in [0, 0.1) is 5.92 Å². The molecule has 2 heterocycles. The topological polar surface area (TPSA) is 67.8 Å². The quantitative estimate of drug-likeness (QED) is 0.401. The number of rotatable bonds is 6. The van der Waals surface area contributed by atoms with E-state index in [0.717, 1.165) is 0 Å². The van der Waals surface area contributed by atoms with Crippen molar-refractivity contribution in [3.63, 3.8) is 0 Å². The van der Waals surface area contributed by atoms with E-state index >= 15 is 0 Å². The fraction of sp³-hybridized carbons (Fsp3) is 0.278. The molecular weight excluding hydrogens is 358 g/mol. The Hall–Kier alpha value is -2.05. The monoisotopic (exact) mass is 375 g/mol. The molecular formula is C18H18ClN3O2S. The average Bonchev–Trinajstić information content (AvgIpc) is 3.09. The summed E-state index contributed by atoms with van der Waals surface area (Å²) in [7, 11) is 0. The number of thioether (sulfide) groups is 1. The van der Waals surface area contributed by atoms with Crippen LogP contribution < -0.4 is 5.56 Å². The minimum absolute atomic E-state index is 0.0356. The summed E-state index contributed by atoms with van der Waals surface area (Å²) in [6, 6.07) is 8.58. The molecule has 7 heteroatoms. The Labute approximate surface area is 154 Å². The van der Waals surface area contributed by atoms with Crippen LogP contribution in [-0.2, 0) is 6.54 Å². The van der Waals surface area contributed by atoms with Crippen LogP contribution in [0.4, 0.5) is 0 Å². The minimum atomic E-state index is -0.106. The molecule has 0 spiro atoms. The van der Waals surface area contributed by atoms with Crippen LogP contribution in [0.15, 0.2) is 46.5 Å². The largest absolute Gasteiger partial charge is 0.359 e. The molecule has 130 valence electrons. The zero-order chi connectivity index (χ0) is 18.0. The number of hydrogen-bond acceptors (Lipinski definition) is 4. The third-order valence-electron chi connectivity index (χ3n) is 3.66. The van der Waals surface area contributed by atoms with Gasteiger partial charge < -0.3 is 4.98 Å². The number of nitrogens with zero attached hydrogens (tertiary/aromatic N) is 2. The highest BCUT2D eigenvalue weighted by atomic mass is 35.5. The van der Waals surface area contributed by atoms with E-state index in [1.165, 1.54) is 11.8 Å². The van der Waals surface area contributed by atoms with E-state index in [9.17, 15) is 9.59 Å². The number of halogens is 1. The molecule has 1 N–H and O–H groups in total. The third kappa shape index (κ3) is 3.96. The lowest BCUT2D eigenvalue weighted by atomic mass is 10.2. The summed E-state index contributed by atoms with van der Waals surface area (Å²) in [4.78, 5) is 32.6. The highest BCUT2D eigenvalue weighted by Crippen LogP contribution is 2.22. The molecule has 3 aromatic rings. The number of fused-ring (bicyclic) bond motifs is 1. The summed E-state index contributed by atoms with van der Waals surface area (Å²) >= 11 is 7.30. The Bertz CT molecular complexity index is 964. The van der Waals surface area contributed by atoms with Gasteiger partial charge >= 0.3 is 0 Å². The van der Waals surface area contributed by atoms with Crippen molar-refractivity contribution in [2.24, 2.45) is 5.92 Å². The highest BCUT2D eigenvalue weighted by molar-refractivity contribution is 7.99. The summed E-state index contributed by atoms with van der Waals surface area (Å²) in [6.45, 7) is 4.62. The lowest BCUT2D eigenvalue weighted by Gasteiger charge is -2.14. The third-order valence-corrected chi connectivity index (χ3v) is 4.87. The second-order valence-electron chi connectivity index (χ2n) is 6.16. The normalized spacial score (nSPS) is 11.4. The fourth-order valence-electron chi connectivity index (χ4n) is 2.52. The van der Waals surface area contributed by atoms with Crippen LogP contribution in [0.3, 0.4) is 0 Å². The van der Waals surface area contributed by atoms with Crippen molar-refractivity contribution in [1.82, 2.24) is 14.5 Å². The van der Waals surface area contributed by atoms with Crippen LogP contribution in [0.2, 0.25) is 5.02 Å². The zero-order valence-corrected chi connectivity index (χ0v) is 15.5. The first-order valence-corrected chi connectivity index (χ1v) is 9.31. The highest BCUT2D eigenvalue weighted by Gasteiger charge is 2.15. The Morgan fingerprint density at radius 1 is 1.36 bits per heavy atom. The van der Waals surface area contributed by atoms with Crippen molar-refractivity contribution >= 4 is 40.0 Å². The van der Waals surface area contributed by atoms with Crippen molar-refractivity contribution in [2.45, 2.75) is 25.5 Å². The van der Waals surface area contributed by atoms with Gasteiger partial charge in [0.15, 0.2) is 10.9 Å². The van der Waals surface area contributed by atoms with Gasteiger partial charge in [0.2, 0.25) is 0 Å². The lowest BCUT2D eigenvalue weighted by molar-refractivity contribution is 0.101. The lowest BCUT2D eigenvalue weighted by Crippen LogP contribution is -2.25. The van der Waals surface area contributed by atoms with Gasteiger partial charge in [0.1, 0.15) is 0 Å². The van der Waals surface area contributed by atoms with Crippen LogP contribution in [-0.4, -0.2) is 26.1 Å². The molecule has 0 unspecified atom stereocenters. The van der Waals surface area contributed by atoms with E-state index in [1.807, 2.05) is 13.8 Å². The molecule has 0 bridgehead atoms. The van der Waals surface area contributed by atoms with Crippen LogP contribution in [0.5, 0.6) is 0 Å². The van der Waals surface area contributed by atoms with E-state index in [-0.39, 0.29) is 23.0 Å². The Balaban J connectivity index is 1.99. The van der Waals surface area contributed by atoms with Crippen LogP contribution >= 0.6 is 23.4 Å². The number of nitrogens with one attached hydrogen (secondary N) is 1. The number of aromatic amines is 1. The van der Waals surface area contributed by atoms with Crippen molar-refractivity contribution in [2.75, 3.05) is 5.75 Å². The van der Waals surface area contributed by atoms with Crippen LogP contribution in [0.1, 0.15) is 24.3 Å². The van der Waals surface area contributed by atoms with Gasteiger partial charge in [-0.2, -0.15) is 0 Å². The van der Waals surface area contributed by atoms with E-state index in [0.29, 0.717) is 33.3 Å². The second-order valence-corrected chi connectivity index (χ2v) is 7.54. The predicted molar refractivity (Wildman–Crippen MR) is 102 cm³/mol. The number of benzene rings is 1. The van der Waals surface area contributed by atoms with E-state index in [2.05, 4.69) is 9.97 Å². The summed E-state index contributed by atoms with van der Waals surface area (Å²) in [5.41, 5.74) is 0.992. The average molecular weight is 376 g/mol. The molecule has 1 aromatic carbocycles. The molecule has 2 aromatic heterocycles. The number of carbonyl (C=O) groups excluding carboxylic acids is 1. The van der Waals surface area contributed by atoms with Gasteiger partial charge in [-0.1, -0.05) is 37.2 Å². The Morgan fingerprint density at radius 3 is 2.84 bits per heavy atom. The maximum Gasteiger partial charge on any atom is 0.262 e. The SMILES string of the molecule is CC(C)Cn1c(SCC(=O)c2ccc[nH]2)nc2cc(Cl)ccc2c1=O. The summed E-state index contributed by atoms with van der Waals surface area (Å²) in [5, 5.41) is 1.60. The number of ketones is 1. The molecule has 0 aliphatic carbocycles. The van der Waals surface area contributed by atoms with Gasteiger partial charge in [-0.15, -0.1) is 0 Å². The van der Waals surface area contributed by atoms with Crippen molar-refractivity contribution < 1.29 is 4.79 Å². The van der Waals surface area contributed by atoms with E-state index in [1.54, 1.807) is 41.1 Å². The van der Waals surface area contributed by atoms with Crippen molar-refractivity contribution in [1.29, 1.82) is 0 Å². The smallest absolute Gasteiger partial charge is 0.262 e. The summed E-state index contributed by atoms with van der Waals surface area (Å²) < 4.78 is 1.65. The minimum Gasteiger partial charge on any atom is -0.359 e. The predicted octanol–water partition coefficient (Wildman–Crippen LogP) is 4.01. The van der Waals surface area contributed by atoms with Gasteiger partial charge in [-0.05, 0) is 36.2 Å². The Morgan fingerprint density at radius 2 is 2.16 bits per heavy atom. The van der Waals surface area contributed by atoms with Crippen molar-refractivity contribution in [3.05, 3.63) is 57.6 Å². The standard InChI is InChI=1S/C18H18ClN3O2S/c1-11(2)9-22-17(24)13-6-5-12(19)8-15(13)21-18(22)25-10-16(23)14-4-3-7-20-14/h3-8,11,20H,9-10H2,1-2H3. The summed E-state index contributed by atoms with van der Waals surface area (Å²) in [6.07, 6.45) is 1.71. The van der Waals surface area contributed by atoms with Crippen molar-refractivity contribution in [3.8, 4) is 0 Å². The number of carbonyl (C=O) groups is 1. The molecule has 0 fully saturated rings. The number of aromatic nitrogens is 3. The molecule has 25 heavy (non-hydrogen) atoms. The number of hydrogen-bond donors (Lipinski definition) is 1. The zero-order valence-electron chi connectivity index (χ0n) is 14.0. The molecule has 0 saturated heterocycles. The molecule has 0 saturated carbocycles. The number of H-pyrrole nitrogens is 1. The van der Waals surface area contributed by atoms with Gasteiger partial charge in [-0.3, -0.25) is 14.2 Å². The maximum atomic E-state index is 12.8. The fourth-order valence-corrected chi connectivity index (χ4v) is 3.58.